The Morgan fingerprint density at radius 3 is 2.50 bits per heavy atom. The van der Waals surface area contributed by atoms with E-state index in [9.17, 15) is 0 Å². The predicted molar refractivity (Wildman–Crippen MR) is 85.9 cm³/mol. The molecule has 0 fully saturated rings. The molecule has 0 bridgehead atoms. The first kappa shape index (κ1) is 14.8. The molecular weight excluding hydrogens is 246 g/mol. The normalized spacial score (nSPS) is 23.8. The first-order valence-electron chi connectivity index (χ1n) is 7.30. The van der Waals surface area contributed by atoms with Gasteiger partial charge in [-0.1, -0.05) is 51.5 Å². The molecule has 2 rings (SSSR count). The Morgan fingerprint density at radius 1 is 1.25 bits per heavy atom. The van der Waals surface area contributed by atoms with Crippen molar-refractivity contribution < 1.29 is 0 Å². The average molecular weight is 271 g/mol. The summed E-state index contributed by atoms with van der Waals surface area (Å²) in [5, 5.41) is 7.54. The Morgan fingerprint density at radius 2 is 1.90 bits per heavy atom. The molecule has 1 aromatic carbocycles. The molecular formula is C17H25N3. The van der Waals surface area contributed by atoms with Crippen molar-refractivity contribution in [3.8, 4) is 0 Å². The number of hydrogen-bond donors (Lipinski definition) is 1. The minimum Gasteiger partial charge on any atom is -0.321 e. The number of rotatable bonds is 3. The van der Waals surface area contributed by atoms with Gasteiger partial charge in [0, 0.05) is 18.0 Å². The molecule has 3 nitrogen and oxygen atoms in total. The summed E-state index contributed by atoms with van der Waals surface area (Å²) in [7, 11) is 1.90. The summed E-state index contributed by atoms with van der Waals surface area (Å²) in [4.78, 5) is 6.87. The average Bonchev–Trinajstić information content (AvgIpc) is 2.43. The summed E-state index contributed by atoms with van der Waals surface area (Å²) in [6.45, 7) is 9.01. The van der Waals surface area contributed by atoms with Crippen molar-refractivity contribution in [3.05, 3.63) is 35.4 Å². The molecule has 0 aliphatic carbocycles. The molecule has 0 unspecified atom stereocenters. The van der Waals surface area contributed by atoms with Crippen molar-refractivity contribution in [2.45, 2.75) is 51.5 Å². The quantitative estimate of drug-likeness (QED) is 0.659. The van der Waals surface area contributed by atoms with E-state index in [1.807, 2.05) is 18.0 Å². The third kappa shape index (κ3) is 2.05. The molecule has 1 aliphatic heterocycles. The molecule has 1 heterocycles. The fourth-order valence-electron chi connectivity index (χ4n) is 3.13. The van der Waals surface area contributed by atoms with Crippen LogP contribution in [0.3, 0.4) is 0 Å². The third-order valence-corrected chi connectivity index (χ3v) is 4.80. The molecule has 0 aromatic heterocycles. The second-order valence-electron chi connectivity index (χ2n) is 6.37. The van der Waals surface area contributed by atoms with E-state index in [4.69, 9.17) is 10.4 Å². The largest absolute Gasteiger partial charge is 0.321 e. The highest BCUT2D eigenvalue weighted by Gasteiger charge is 2.46. The summed E-state index contributed by atoms with van der Waals surface area (Å²) in [5.74, 6) is 0.908. The van der Waals surface area contributed by atoms with Gasteiger partial charge >= 0.3 is 0 Å². The van der Waals surface area contributed by atoms with Gasteiger partial charge in [-0.05, 0) is 18.9 Å². The van der Waals surface area contributed by atoms with Crippen LogP contribution in [0.5, 0.6) is 0 Å². The number of nitrogens with zero attached hydrogens (tertiary/aromatic N) is 2. The van der Waals surface area contributed by atoms with E-state index in [0.717, 1.165) is 24.2 Å². The highest BCUT2D eigenvalue weighted by molar-refractivity contribution is 6.06. The zero-order valence-electron chi connectivity index (χ0n) is 13.2. The van der Waals surface area contributed by atoms with E-state index in [-0.39, 0.29) is 11.0 Å². The van der Waals surface area contributed by atoms with Gasteiger partial charge in [0.1, 0.15) is 5.84 Å². The van der Waals surface area contributed by atoms with E-state index in [1.54, 1.807) is 0 Å². The van der Waals surface area contributed by atoms with Gasteiger partial charge in [0.2, 0.25) is 0 Å². The molecule has 108 valence electrons. The summed E-state index contributed by atoms with van der Waals surface area (Å²) in [6.07, 6.45) is 3.48. The van der Waals surface area contributed by atoms with E-state index >= 15 is 0 Å². The van der Waals surface area contributed by atoms with Crippen molar-refractivity contribution >= 4 is 12.2 Å². The van der Waals surface area contributed by atoms with Crippen molar-refractivity contribution in [2.24, 2.45) is 4.99 Å². The molecule has 0 radical (unpaired) electrons. The number of nitrogens with one attached hydrogen (secondary N) is 1. The first-order chi connectivity index (χ1) is 9.37. The van der Waals surface area contributed by atoms with Crippen LogP contribution in [0.15, 0.2) is 29.3 Å². The maximum atomic E-state index is 7.54. The van der Waals surface area contributed by atoms with Crippen LogP contribution in [0, 0.1) is 5.41 Å². The van der Waals surface area contributed by atoms with E-state index in [1.165, 1.54) is 11.9 Å². The van der Waals surface area contributed by atoms with Crippen LogP contribution in [-0.2, 0) is 5.41 Å². The maximum Gasteiger partial charge on any atom is 0.136 e. The Balaban J connectivity index is 2.69. The van der Waals surface area contributed by atoms with Crippen LogP contribution in [0.2, 0.25) is 0 Å². The van der Waals surface area contributed by atoms with Gasteiger partial charge < -0.3 is 4.90 Å². The van der Waals surface area contributed by atoms with Crippen molar-refractivity contribution in [1.29, 1.82) is 5.41 Å². The molecule has 0 saturated carbocycles. The Kier molecular flexibility index (Phi) is 3.72. The Labute approximate surface area is 122 Å². The van der Waals surface area contributed by atoms with Crippen LogP contribution < -0.4 is 0 Å². The molecule has 0 spiro atoms. The first-order valence-corrected chi connectivity index (χ1v) is 7.30. The lowest BCUT2D eigenvalue weighted by Crippen LogP contribution is -2.50. The fourth-order valence-corrected chi connectivity index (χ4v) is 3.13. The lowest BCUT2D eigenvalue weighted by molar-refractivity contribution is 0.255. The fraction of sp³-hybridized carbons (Fsp3) is 0.529. The van der Waals surface area contributed by atoms with Gasteiger partial charge in [-0.15, -0.1) is 0 Å². The van der Waals surface area contributed by atoms with E-state index in [0.29, 0.717) is 0 Å². The van der Waals surface area contributed by atoms with E-state index in [2.05, 4.69) is 45.9 Å². The SMILES string of the molecule is CCC[C@@]1(C)N=C(N(C)C=N)c2ccccc2C1(C)C. The number of amidine groups is 1. The summed E-state index contributed by atoms with van der Waals surface area (Å²) >= 11 is 0. The molecule has 1 atom stereocenters. The van der Waals surface area contributed by atoms with Crippen molar-refractivity contribution in [2.75, 3.05) is 7.05 Å². The van der Waals surface area contributed by atoms with E-state index < -0.39 is 0 Å². The number of benzene rings is 1. The van der Waals surface area contributed by atoms with Crippen LogP contribution in [-0.4, -0.2) is 29.7 Å². The topological polar surface area (TPSA) is 39.5 Å². The highest BCUT2D eigenvalue weighted by atomic mass is 15.2. The van der Waals surface area contributed by atoms with Crippen LogP contribution in [0.25, 0.3) is 0 Å². The maximum absolute atomic E-state index is 7.54. The van der Waals surface area contributed by atoms with Gasteiger partial charge in [0.15, 0.2) is 0 Å². The van der Waals surface area contributed by atoms with Crippen LogP contribution in [0.1, 0.15) is 51.7 Å². The second kappa shape index (κ2) is 5.04. The molecule has 20 heavy (non-hydrogen) atoms. The summed E-state index contributed by atoms with van der Waals surface area (Å²) < 4.78 is 0. The van der Waals surface area contributed by atoms with Crippen LogP contribution in [0.4, 0.5) is 0 Å². The molecule has 3 heteroatoms. The predicted octanol–water partition coefficient (Wildman–Crippen LogP) is 3.82. The van der Waals surface area contributed by atoms with Gasteiger partial charge in [-0.25, -0.2) is 0 Å². The minimum absolute atomic E-state index is 0.00797. The third-order valence-electron chi connectivity index (χ3n) is 4.80. The smallest absolute Gasteiger partial charge is 0.136 e. The van der Waals surface area contributed by atoms with Gasteiger partial charge in [-0.2, -0.15) is 0 Å². The van der Waals surface area contributed by atoms with Crippen molar-refractivity contribution in [1.82, 2.24) is 4.90 Å². The second-order valence-corrected chi connectivity index (χ2v) is 6.37. The standard InChI is InChI=1S/C17H25N3/c1-6-11-17(4)16(2,3)14-10-8-7-9-13(14)15(19-17)20(5)12-18/h7-10,12,18H,6,11H2,1-5H3/t17-/m1/s1. The van der Waals surface area contributed by atoms with Crippen molar-refractivity contribution in [3.63, 3.8) is 0 Å². The van der Waals surface area contributed by atoms with Crippen LogP contribution >= 0.6 is 0 Å². The zero-order chi connectivity index (χ0) is 15.0. The Hall–Kier alpha value is -1.64. The summed E-state index contributed by atoms with van der Waals surface area (Å²) in [5.41, 5.74) is 2.33. The molecule has 0 saturated heterocycles. The summed E-state index contributed by atoms with van der Waals surface area (Å²) in [6, 6.07) is 8.46. The lowest BCUT2D eigenvalue weighted by Gasteiger charge is -2.47. The lowest BCUT2D eigenvalue weighted by atomic mass is 9.64. The van der Waals surface area contributed by atoms with Gasteiger partial charge in [-0.3, -0.25) is 10.4 Å². The molecule has 0 amide bonds. The zero-order valence-corrected chi connectivity index (χ0v) is 13.2. The van der Waals surface area contributed by atoms with Gasteiger partial charge in [0.05, 0.1) is 11.9 Å². The molecule has 1 aliphatic rings. The number of hydrogen-bond acceptors (Lipinski definition) is 2. The highest BCUT2D eigenvalue weighted by Crippen LogP contribution is 2.45. The van der Waals surface area contributed by atoms with Gasteiger partial charge in [0.25, 0.3) is 0 Å². The monoisotopic (exact) mass is 271 g/mol. The Bertz CT molecular complexity index is 545. The minimum atomic E-state index is -0.136. The number of fused-ring (bicyclic) bond motifs is 1. The molecule has 1 aromatic rings. The molecule has 1 N–H and O–H groups in total. The number of aliphatic imine (C=N–C) groups is 1.